The van der Waals surface area contributed by atoms with Gasteiger partial charge in [0.15, 0.2) is 0 Å². The van der Waals surface area contributed by atoms with Gasteiger partial charge in [-0.3, -0.25) is 9.59 Å². The molecular weight excluding hydrogens is 1450 g/mol. The third kappa shape index (κ3) is 23.3. The summed E-state index contributed by atoms with van der Waals surface area (Å²) >= 11 is 0. The van der Waals surface area contributed by atoms with Crippen molar-refractivity contribution in [3.8, 4) is 28.7 Å². The number of cyclic esters (lactones) is 5. The monoisotopic (exact) mass is 1550 g/mol. The van der Waals surface area contributed by atoms with E-state index >= 15 is 0 Å². The van der Waals surface area contributed by atoms with Gasteiger partial charge in [0.25, 0.3) is 0 Å². The van der Waals surface area contributed by atoms with Gasteiger partial charge in [-0.2, -0.15) is 0 Å². The fourth-order valence-electron chi connectivity index (χ4n) is 15.2. The molecule has 598 valence electrons. The van der Waals surface area contributed by atoms with Crippen LogP contribution in [0.5, 0.6) is 28.7 Å². The highest BCUT2D eigenvalue weighted by Gasteiger charge is 2.32. The van der Waals surface area contributed by atoms with Crippen LogP contribution in [-0.2, 0) is 67.0 Å². The number of likely N-dealkylation sites (tertiary alicyclic amines) is 2. The number of nitrogens with one attached hydrogen (secondary N) is 1. The van der Waals surface area contributed by atoms with Crippen molar-refractivity contribution in [2.75, 3.05) is 111 Å². The van der Waals surface area contributed by atoms with Crippen LogP contribution in [0.1, 0.15) is 96.6 Å². The van der Waals surface area contributed by atoms with Crippen molar-refractivity contribution < 1.29 is 87.0 Å². The van der Waals surface area contributed by atoms with Crippen LogP contribution in [0.2, 0.25) is 0 Å². The summed E-state index contributed by atoms with van der Waals surface area (Å²) in [5.74, 6) is 2.90. The highest BCUT2D eigenvalue weighted by molar-refractivity contribution is 5.95. The molecule has 22 heteroatoms. The standard InChI is InChI=1S/C29H33NO4.C28H32N2O4.C14H16O4.C11H10O3.C10H11NO3/c31-27(20-34-28-8-4-3-7-25(28)18-26-13-16-33-29(26)32)19-30-14-11-22(12-15-30)24-10-9-21-5-1-2-6-23(21)17-24;31-26(20-34-27-8-4-3-7-25(27)18-30-15-16-33-28(30)32)19-29-13-11-22(12-14-29)24-10-9-21-5-1-2-6-23(21)17-24;15-14-11(5-6-16-14)7-10-3-1-2-4-13(10)18-9-12-8-17-12;12-10-4-2-1-3-8(10)7-9-5-6-14-11(9)13;12-9-4-2-1-3-7(9)11-8-5-6-14-10(8)13/h1-10,17,22,26-27,31H,11-16,18-20H2;1-10,17,22,26,31H,11-16,18-20H2;1-4,11-12H,5-9H2;1-4,7,12H,5-6H2;1-4,8,11-12H,5-6H2/b;;;9-7+;/t26?,27-;26-;11?,12-;;/m001../s1. The van der Waals surface area contributed by atoms with E-state index in [1.165, 1.54) is 32.7 Å². The number of piperidine rings is 2. The lowest BCUT2D eigenvalue weighted by Gasteiger charge is -2.33. The summed E-state index contributed by atoms with van der Waals surface area (Å²) in [6, 6.07) is 67.4. The Labute approximate surface area is 665 Å². The number of anilines is 1. The molecule has 5 N–H and O–H groups in total. The molecule has 8 aliphatic heterocycles. The van der Waals surface area contributed by atoms with Crippen LogP contribution in [0, 0.1) is 11.8 Å². The zero-order chi connectivity index (χ0) is 79.0. The van der Waals surface area contributed by atoms with Crippen LogP contribution in [0.15, 0.2) is 212 Å². The molecule has 8 saturated heterocycles. The van der Waals surface area contributed by atoms with Crippen molar-refractivity contribution in [2.45, 2.75) is 107 Å². The molecule has 9 aromatic rings. The average molecular weight is 1550 g/mol. The number of hydrogen-bond acceptors (Lipinski definition) is 21. The molecule has 1 amide bonds. The number of phenols is 2. The van der Waals surface area contributed by atoms with Crippen LogP contribution in [0.4, 0.5) is 10.5 Å². The molecule has 22 nitrogen and oxygen atoms in total. The van der Waals surface area contributed by atoms with E-state index in [1.54, 1.807) is 53.4 Å². The first-order valence-corrected chi connectivity index (χ1v) is 39.8. The number of ether oxygens (including phenoxy) is 9. The predicted octanol–water partition coefficient (Wildman–Crippen LogP) is 13.4. The van der Waals surface area contributed by atoms with Crippen molar-refractivity contribution in [2.24, 2.45) is 11.8 Å². The Bertz CT molecular complexity index is 4550. The molecular formula is C92H102N4O18. The van der Waals surface area contributed by atoms with Crippen molar-refractivity contribution >= 4 is 63.3 Å². The number of benzene rings is 9. The lowest BCUT2D eigenvalue weighted by Crippen LogP contribution is -2.40. The number of rotatable bonds is 24. The number of epoxide rings is 1. The Balaban J connectivity index is 0.000000131. The zero-order valence-electron chi connectivity index (χ0n) is 64.3. The maximum Gasteiger partial charge on any atom is 0.410 e. The minimum atomic E-state index is -0.568. The first-order valence-electron chi connectivity index (χ1n) is 39.8. The van der Waals surface area contributed by atoms with E-state index in [0.29, 0.717) is 126 Å². The Morgan fingerprint density at radius 3 is 1.41 bits per heavy atom. The molecule has 0 aromatic heterocycles. The lowest BCUT2D eigenvalue weighted by atomic mass is 9.88. The van der Waals surface area contributed by atoms with Crippen molar-refractivity contribution in [1.29, 1.82) is 0 Å². The fourth-order valence-corrected chi connectivity index (χ4v) is 15.2. The summed E-state index contributed by atoms with van der Waals surface area (Å²) in [6.45, 7) is 10.4. The van der Waals surface area contributed by atoms with Crippen molar-refractivity contribution in [1.82, 2.24) is 14.7 Å². The van der Waals surface area contributed by atoms with E-state index in [4.69, 9.17) is 42.6 Å². The topological polar surface area (TPSA) is 274 Å². The van der Waals surface area contributed by atoms with Gasteiger partial charge in [-0.15, -0.1) is 0 Å². The molecule has 8 fully saturated rings. The molecule has 0 spiro atoms. The van der Waals surface area contributed by atoms with Gasteiger partial charge in [-0.1, -0.05) is 170 Å². The van der Waals surface area contributed by atoms with Gasteiger partial charge in [-0.25, -0.2) is 14.4 Å². The summed E-state index contributed by atoms with van der Waals surface area (Å²) in [5, 5.41) is 48.3. The number of hydrogen-bond donors (Lipinski definition) is 5. The number of amides is 1. The molecule has 9 aromatic carbocycles. The number of carbonyl (C=O) groups excluding carboxylic acids is 5. The Hall–Kier alpha value is -11.0. The second-order valence-electron chi connectivity index (χ2n) is 29.9. The van der Waals surface area contributed by atoms with Gasteiger partial charge in [0, 0.05) is 42.6 Å². The van der Waals surface area contributed by atoms with Gasteiger partial charge in [0.1, 0.15) is 79.5 Å². The number of β-amino-alcohol motifs (C(OH)–C–C–N with tert-alkyl or cyclic N) is 2. The van der Waals surface area contributed by atoms with Crippen molar-refractivity contribution in [3.63, 3.8) is 0 Å². The predicted molar refractivity (Wildman–Crippen MR) is 432 cm³/mol. The summed E-state index contributed by atoms with van der Waals surface area (Å²) in [5.41, 5.74) is 7.66. The average Bonchev–Trinajstić information content (AvgIpc) is 1.61. The molecule has 0 radical (unpaired) electrons. The van der Waals surface area contributed by atoms with Crippen LogP contribution in [-0.4, -0.2) is 195 Å². The second-order valence-corrected chi connectivity index (χ2v) is 29.9. The highest BCUT2D eigenvalue weighted by Crippen LogP contribution is 2.35. The summed E-state index contributed by atoms with van der Waals surface area (Å²) < 4.78 is 47.5. The smallest absolute Gasteiger partial charge is 0.410 e. The number of aliphatic hydroxyl groups is 2. The number of para-hydroxylation sites is 6. The molecule has 0 aliphatic carbocycles. The highest BCUT2D eigenvalue weighted by atomic mass is 16.6. The van der Waals surface area contributed by atoms with E-state index in [2.05, 4.69) is 100 Å². The number of fused-ring (bicyclic) bond motifs is 2. The SMILES string of the molecule is O=C1OCC/C1=C\c1ccccc1O.O=C1OCCC1Cc1ccccc1OC[C@@H](O)CN1CCC(c2ccc3ccccc3c2)CC1.O=C1OCCC1Cc1ccccc1OC[C@H]1CO1.O=C1OCCC1Nc1ccccc1O.O=C1OCCN1Cc1ccccc1OC[C@@H](O)CN1CCC(c2ccc3ccccc3c2)CC1. The Morgan fingerprint density at radius 2 is 0.930 bits per heavy atom. The quantitative estimate of drug-likeness (QED) is 0.0124. The number of nitrogens with zero attached hydrogens (tertiary/aromatic N) is 3. The first-order chi connectivity index (χ1) is 55.7. The second kappa shape index (κ2) is 40.6. The van der Waals surface area contributed by atoms with E-state index in [-0.39, 0.29) is 78.7 Å². The number of aliphatic hydroxyl groups excluding tert-OH is 2. The maximum absolute atomic E-state index is 11.8. The Morgan fingerprint density at radius 1 is 0.456 bits per heavy atom. The summed E-state index contributed by atoms with van der Waals surface area (Å²) in [6.07, 6.45) is 9.04. The molecule has 8 aliphatic rings. The van der Waals surface area contributed by atoms with Gasteiger partial charge in [-0.05, 0) is 176 Å². The number of carbonyl (C=O) groups is 5. The van der Waals surface area contributed by atoms with Crippen LogP contribution in [0.3, 0.4) is 0 Å². The minimum absolute atomic E-state index is 0.0214. The number of phenolic OH excluding ortho intramolecular Hbond substituents is 2. The molecule has 0 bridgehead atoms. The Kier molecular flexibility index (Phi) is 28.9. The van der Waals surface area contributed by atoms with Crippen LogP contribution in [0.25, 0.3) is 27.6 Å². The summed E-state index contributed by atoms with van der Waals surface area (Å²) in [4.78, 5) is 63.7. The van der Waals surface area contributed by atoms with E-state index < -0.39 is 12.2 Å². The van der Waals surface area contributed by atoms with E-state index in [9.17, 15) is 44.4 Å². The third-order valence-corrected chi connectivity index (χ3v) is 21.7. The van der Waals surface area contributed by atoms with Gasteiger partial charge >= 0.3 is 30.0 Å². The lowest BCUT2D eigenvalue weighted by molar-refractivity contribution is -0.142. The largest absolute Gasteiger partial charge is 0.507 e. The molecule has 6 atom stereocenters. The van der Waals surface area contributed by atoms with Crippen LogP contribution < -0.4 is 19.5 Å². The van der Waals surface area contributed by atoms with Crippen molar-refractivity contribution in [3.05, 3.63) is 245 Å². The van der Waals surface area contributed by atoms with E-state index in [0.717, 1.165) is 99.5 Å². The number of aromatic hydroxyl groups is 2. The normalized spacial score (nSPS) is 20.4. The van der Waals surface area contributed by atoms with E-state index in [1.807, 2.05) is 78.9 Å². The molecule has 0 saturated carbocycles. The van der Waals surface area contributed by atoms with Gasteiger partial charge in [0.05, 0.1) is 63.6 Å². The molecule has 8 heterocycles. The fraction of sp³-hybridized carbons (Fsp3) is 0.380. The maximum atomic E-state index is 11.8. The summed E-state index contributed by atoms with van der Waals surface area (Å²) in [7, 11) is 0. The third-order valence-electron chi connectivity index (χ3n) is 21.7. The number of esters is 4. The van der Waals surface area contributed by atoms with Crippen LogP contribution >= 0.6 is 0 Å². The molecule has 114 heavy (non-hydrogen) atoms. The van der Waals surface area contributed by atoms with Gasteiger partial charge in [0.2, 0.25) is 0 Å². The molecule has 3 unspecified atom stereocenters. The zero-order valence-corrected chi connectivity index (χ0v) is 64.3. The molecule has 17 rings (SSSR count). The minimum Gasteiger partial charge on any atom is -0.507 e. The van der Waals surface area contributed by atoms with Gasteiger partial charge < -0.3 is 83.1 Å². The first kappa shape index (κ1) is 81.0.